The molecule has 0 N–H and O–H groups in total. The normalized spacial score (nSPS) is 20.4. The van der Waals surface area contributed by atoms with Crippen LogP contribution in [0, 0.1) is 12.8 Å². The van der Waals surface area contributed by atoms with E-state index in [4.69, 9.17) is 0 Å². The zero-order chi connectivity index (χ0) is 13.9. The average Bonchev–Trinajstić information content (AvgIpc) is 3.01. The Morgan fingerprint density at radius 1 is 1.25 bits per heavy atom. The molecule has 0 bridgehead atoms. The van der Waals surface area contributed by atoms with E-state index in [0.717, 1.165) is 37.2 Å². The maximum Gasteiger partial charge on any atom is 0.122 e. The van der Waals surface area contributed by atoms with Gasteiger partial charge in [-0.1, -0.05) is 0 Å². The smallest absolute Gasteiger partial charge is 0.122 e. The van der Waals surface area contributed by atoms with E-state index in [1.165, 1.54) is 19.4 Å². The molecule has 3 rings (SSSR count). The van der Waals surface area contributed by atoms with Crippen LogP contribution in [-0.2, 0) is 20.1 Å². The summed E-state index contributed by atoms with van der Waals surface area (Å²) in [6.07, 6.45) is 10.5. The predicted octanol–water partition coefficient (Wildman–Crippen LogP) is 1.84. The molecule has 108 valence electrons. The zero-order valence-electron chi connectivity index (χ0n) is 12.4. The molecule has 3 heterocycles. The number of aryl methyl sites for hydroxylation is 2. The van der Waals surface area contributed by atoms with Crippen LogP contribution in [0.4, 0.5) is 0 Å². The van der Waals surface area contributed by atoms with Crippen LogP contribution in [0.25, 0.3) is 0 Å². The van der Waals surface area contributed by atoms with Gasteiger partial charge in [0.05, 0.1) is 6.54 Å². The summed E-state index contributed by atoms with van der Waals surface area (Å²) in [5.74, 6) is 2.99. The van der Waals surface area contributed by atoms with E-state index < -0.39 is 0 Å². The number of aromatic nitrogens is 4. The second-order valence-electron chi connectivity index (χ2n) is 5.82. The summed E-state index contributed by atoms with van der Waals surface area (Å²) >= 11 is 0. The molecule has 1 atom stereocenters. The second-order valence-corrected chi connectivity index (χ2v) is 5.82. The van der Waals surface area contributed by atoms with Gasteiger partial charge in [0.2, 0.25) is 0 Å². The average molecular weight is 273 g/mol. The molecular formula is C15H23N5. The van der Waals surface area contributed by atoms with E-state index in [-0.39, 0.29) is 0 Å². The predicted molar refractivity (Wildman–Crippen MR) is 78.2 cm³/mol. The fourth-order valence-electron chi connectivity index (χ4n) is 3.07. The highest BCUT2D eigenvalue weighted by Crippen LogP contribution is 2.20. The van der Waals surface area contributed by atoms with Crippen LogP contribution in [0.15, 0.2) is 24.8 Å². The van der Waals surface area contributed by atoms with Crippen molar-refractivity contribution in [2.75, 3.05) is 13.1 Å². The largest absolute Gasteiger partial charge is 0.337 e. The Hall–Kier alpha value is -1.62. The van der Waals surface area contributed by atoms with Gasteiger partial charge in [-0.05, 0) is 32.2 Å². The third-order valence-corrected chi connectivity index (χ3v) is 4.27. The molecule has 2 aromatic rings. The number of rotatable bonds is 4. The van der Waals surface area contributed by atoms with Gasteiger partial charge in [-0.2, -0.15) is 0 Å². The quantitative estimate of drug-likeness (QED) is 0.853. The molecule has 0 saturated carbocycles. The molecule has 20 heavy (non-hydrogen) atoms. The van der Waals surface area contributed by atoms with Gasteiger partial charge in [-0.15, -0.1) is 0 Å². The Bertz CT molecular complexity index is 508. The lowest BCUT2D eigenvalue weighted by Gasteiger charge is -2.32. The van der Waals surface area contributed by atoms with Gasteiger partial charge in [-0.25, -0.2) is 9.97 Å². The molecule has 2 aromatic heterocycles. The molecule has 0 amide bonds. The van der Waals surface area contributed by atoms with Crippen LogP contribution in [0.1, 0.15) is 24.5 Å². The zero-order valence-corrected chi connectivity index (χ0v) is 12.4. The Balaban J connectivity index is 1.59. The summed E-state index contributed by atoms with van der Waals surface area (Å²) in [4.78, 5) is 11.3. The monoisotopic (exact) mass is 273 g/mol. The fraction of sp³-hybridized carbons (Fsp3) is 0.600. The summed E-state index contributed by atoms with van der Waals surface area (Å²) < 4.78 is 4.39. The molecule has 5 heteroatoms. The standard InChI is InChI=1S/C15H23N5/c1-13-16-6-9-20(13)11-14-4-3-7-19(10-14)12-15-17-5-8-18(15)2/h5-6,8-9,14H,3-4,7,10-12H2,1-2H3. The number of piperidine rings is 1. The van der Waals surface area contributed by atoms with E-state index in [0.29, 0.717) is 0 Å². The lowest BCUT2D eigenvalue weighted by molar-refractivity contribution is 0.151. The molecule has 1 aliphatic rings. The first-order valence-corrected chi connectivity index (χ1v) is 7.38. The highest BCUT2D eigenvalue weighted by Gasteiger charge is 2.21. The maximum absolute atomic E-state index is 4.43. The first-order chi connectivity index (χ1) is 9.72. The molecule has 1 unspecified atom stereocenters. The van der Waals surface area contributed by atoms with Crippen molar-refractivity contribution in [3.8, 4) is 0 Å². The lowest BCUT2D eigenvalue weighted by atomic mass is 9.98. The maximum atomic E-state index is 4.43. The van der Waals surface area contributed by atoms with Gasteiger partial charge in [-0.3, -0.25) is 4.90 Å². The number of likely N-dealkylation sites (tertiary alicyclic amines) is 1. The second kappa shape index (κ2) is 5.79. The summed E-state index contributed by atoms with van der Waals surface area (Å²) in [6.45, 7) is 6.47. The molecule has 1 saturated heterocycles. The van der Waals surface area contributed by atoms with Crippen LogP contribution in [0.5, 0.6) is 0 Å². The SMILES string of the molecule is Cc1nccn1CC1CCCN(Cc2nccn2C)C1. The minimum atomic E-state index is 0.719. The summed E-state index contributed by atoms with van der Waals surface area (Å²) in [6, 6.07) is 0. The van der Waals surface area contributed by atoms with Gasteiger partial charge in [0.15, 0.2) is 0 Å². The van der Waals surface area contributed by atoms with Gasteiger partial charge < -0.3 is 9.13 Å². The Labute approximate surface area is 120 Å². The first kappa shape index (κ1) is 13.4. The van der Waals surface area contributed by atoms with E-state index in [1.54, 1.807) is 0 Å². The van der Waals surface area contributed by atoms with Crippen molar-refractivity contribution >= 4 is 0 Å². The van der Waals surface area contributed by atoms with Crippen molar-refractivity contribution in [2.45, 2.75) is 32.9 Å². The number of hydrogen-bond acceptors (Lipinski definition) is 3. The Morgan fingerprint density at radius 2 is 2.10 bits per heavy atom. The van der Waals surface area contributed by atoms with Gasteiger partial charge in [0.1, 0.15) is 11.6 Å². The van der Waals surface area contributed by atoms with E-state index in [1.807, 2.05) is 18.6 Å². The third kappa shape index (κ3) is 2.93. The molecule has 1 fully saturated rings. The lowest BCUT2D eigenvalue weighted by Crippen LogP contribution is -2.37. The van der Waals surface area contributed by atoms with Crippen molar-refractivity contribution in [2.24, 2.45) is 13.0 Å². The summed E-state index contributed by atoms with van der Waals surface area (Å²) in [7, 11) is 2.07. The van der Waals surface area contributed by atoms with Crippen LogP contribution in [0.3, 0.4) is 0 Å². The number of hydrogen-bond donors (Lipinski definition) is 0. The minimum absolute atomic E-state index is 0.719. The van der Waals surface area contributed by atoms with Gasteiger partial charge >= 0.3 is 0 Å². The third-order valence-electron chi connectivity index (χ3n) is 4.27. The van der Waals surface area contributed by atoms with Crippen LogP contribution < -0.4 is 0 Å². The molecule has 0 aromatic carbocycles. The van der Waals surface area contributed by atoms with Crippen LogP contribution >= 0.6 is 0 Å². The summed E-state index contributed by atoms with van der Waals surface area (Å²) in [5.41, 5.74) is 0. The van der Waals surface area contributed by atoms with Crippen molar-refractivity contribution in [1.29, 1.82) is 0 Å². The molecule has 5 nitrogen and oxygen atoms in total. The van der Waals surface area contributed by atoms with E-state index >= 15 is 0 Å². The number of imidazole rings is 2. The number of nitrogens with zero attached hydrogens (tertiary/aromatic N) is 5. The highest BCUT2D eigenvalue weighted by atomic mass is 15.2. The molecule has 0 radical (unpaired) electrons. The van der Waals surface area contributed by atoms with Crippen molar-refractivity contribution in [1.82, 2.24) is 24.0 Å². The molecule has 0 aliphatic carbocycles. The molecular weight excluding hydrogens is 250 g/mol. The highest BCUT2D eigenvalue weighted by molar-refractivity contribution is 4.93. The van der Waals surface area contributed by atoms with Gasteiger partial charge in [0.25, 0.3) is 0 Å². The fourth-order valence-corrected chi connectivity index (χ4v) is 3.07. The first-order valence-electron chi connectivity index (χ1n) is 7.38. The van der Waals surface area contributed by atoms with Gasteiger partial charge in [0, 0.05) is 44.9 Å². The van der Waals surface area contributed by atoms with E-state index in [2.05, 4.69) is 44.2 Å². The summed E-state index contributed by atoms with van der Waals surface area (Å²) in [5, 5.41) is 0. The topological polar surface area (TPSA) is 38.9 Å². The van der Waals surface area contributed by atoms with E-state index in [9.17, 15) is 0 Å². The van der Waals surface area contributed by atoms with Crippen LogP contribution in [0.2, 0.25) is 0 Å². The Kier molecular flexibility index (Phi) is 3.87. The molecule has 0 spiro atoms. The van der Waals surface area contributed by atoms with Crippen LogP contribution in [-0.4, -0.2) is 37.1 Å². The molecule has 1 aliphatic heterocycles. The van der Waals surface area contributed by atoms with Crippen molar-refractivity contribution in [3.63, 3.8) is 0 Å². The Morgan fingerprint density at radius 3 is 2.80 bits per heavy atom. The minimum Gasteiger partial charge on any atom is -0.337 e. The van der Waals surface area contributed by atoms with Crippen molar-refractivity contribution < 1.29 is 0 Å². The van der Waals surface area contributed by atoms with Crippen molar-refractivity contribution in [3.05, 3.63) is 36.4 Å².